The summed E-state index contributed by atoms with van der Waals surface area (Å²) in [5.41, 5.74) is 2.18. The van der Waals surface area contributed by atoms with Gasteiger partial charge in [0.1, 0.15) is 17.4 Å². The second-order valence-electron chi connectivity index (χ2n) is 7.12. The molecule has 0 radical (unpaired) electrons. The molecular formula is C22H20FN3O3. The van der Waals surface area contributed by atoms with E-state index >= 15 is 0 Å². The molecule has 0 fully saturated rings. The first-order chi connectivity index (χ1) is 13.9. The summed E-state index contributed by atoms with van der Waals surface area (Å²) >= 11 is 0. The predicted octanol–water partition coefficient (Wildman–Crippen LogP) is 4.03. The van der Waals surface area contributed by atoms with Crippen molar-refractivity contribution in [2.75, 3.05) is 11.9 Å². The van der Waals surface area contributed by atoms with Gasteiger partial charge in [-0.15, -0.1) is 0 Å². The van der Waals surface area contributed by atoms with Gasteiger partial charge in [0.15, 0.2) is 12.4 Å². The van der Waals surface area contributed by atoms with Crippen molar-refractivity contribution in [3.63, 3.8) is 0 Å². The fraction of sp³-hybridized carbons (Fsp3) is 0.227. The summed E-state index contributed by atoms with van der Waals surface area (Å²) in [5.74, 6) is -0.440. The molecule has 1 aliphatic carbocycles. The first-order valence-electron chi connectivity index (χ1n) is 9.34. The van der Waals surface area contributed by atoms with Gasteiger partial charge in [-0.05, 0) is 37.1 Å². The lowest BCUT2D eigenvalue weighted by molar-refractivity contribution is -0.118. The number of aryl methyl sites for hydroxylation is 1. The van der Waals surface area contributed by atoms with Crippen molar-refractivity contribution in [1.29, 1.82) is 0 Å². The van der Waals surface area contributed by atoms with Crippen LogP contribution in [0.25, 0.3) is 5.69 Å². The van der Waals surface area contributed by atoms with E-state index in [0.29, 0.717) is 11.4 Å². The average molecular weight is 393 g/mol. The molecule has 0 bridgehead atoms. The molecule has 1 heterocycles. The van der Waals surface area contributed by atoms with E-state index in [9.17, 15) is 14.0 Å². The third kappa shape index (κ3) is 3.63. The van der Waals surface area contributed by atoms with Crippen LogP contribution in [0, 0.1) is 12.7 Å². The van der Waals surface area contributed by atoms with E-state index in [1.807, 2.05) is 37.3 Å². The molecule has 0 saturated carbocycles. The Kier molecular flexibility index (Phi) is 4.88. The lowest BCUT2D eigenvalue weighted by Crippen LogP contribution is -2.22. The zero-order valence-electron chi connectivity index (χ0n) is 16.1. The minimum absolute atomic E-state index is 0.166. The van der Waals surface area contributed by atoms with Crippen molar-refractivity contribution < 1.29 is 18.7 Å². The van der Waals surface area contributed by atoms with Crippen LogP contribution in [0.5, 0.6) is 5.75 Å². The number of ketones is 1. The van der Waals surface area contributed by atoms with Gasteiger partial charge in [0.05, 0.1) is 16.9 Å². The molecule has 0 spiro atoms. The molecule has 1 aliphatic rings. The number of aromatic nitrogens is 2. The Morgan fingerprint density at radius 3 is 2.79 bits per heavy atom. The van der Waals surface area contributed by atoms with Gasteiger partial charge in [-0.25, -0.2) is 9.07 Å². The van der Waals surface area contributed by atoms with Crippen molar-refractivity contribution in [3.8, 4) is 11.4 Å². The van der Waals surface area contributed by atoms with E-state index in [1.54, 1.807) is 17.7 Å². The van der Waals surface area contributed by atoms with Gasteiger partial charge in [-0.2, -0.15) is 5.10 Å². The molecule has 7 heteroatoms. The van der Waals surface area contributed by atoms with E-state index in [1.165, 1.54) is 12.1 Å². The van der Waals surface area contributed by atoms with Crippen molar-refractivity contribution in [2.45, 2.75) is 26.2 Å². The highest BCUT2D eigenvalue weighted by Gasteiger charge is 2.32. The summed E-state index contributed by atoms with van der Waals surface area (Å²) in [7, 11) is 0. The first kappa shape index (κ1) is 18.9. The molecule has 2 aromatic carbocycles. The number of fused-ring (bicyclic) bond motifs is 1. The van der Waals surface area contributed by atoms with Gasteiger partial charge in [0, 0.05) is 18.1 Å². The van der Waals surface area contributed by atoms with Gasteiger partial charge in [-0.1, -0.05) is 25.1 Å². The van der Waals surface area contributed by atoms with Gasteiger partial charge in [0.25, 0.3) is 5.91 Å². The molecule has 0 unspecified atom stereocenters. The zero-order valence-corrected chi connectivity index (χ0v) is 16.1. The minimum Gasteiger partial charge on any atom is -0.483 e. The number of nitrogens with zero attached hydrogens (tertiary/aromatic N) is 2. The number of para-hydroxylation sites is 1. The van der Waals surface area contributed by atoms with Gasteiger partial charge in [0.2, 0.25) is 0 Å². The summed E-state index contributed by atoms with van der Waals surface area (Å²) in [6, 6.07) is 13.9. The third-order valence-corrected chi connectivity index (χ3v) is 4.88. The molecule has 1 N–H and O–H groups in total. The Labute approximate surface area is 167 Å². The van der Waals surface area contributed by atoms with E-state index in [0.717, 1.165) is 11.4 Å². The van der Waals surface area contributed by atoms with Crippen LogP contribution in [0.2, 0.25) is 0 Å². The Morgan fingerprint density at radius 2 is 2.03 bits per heavy atom. The SMILES string of the molecule is Cc1cc(NC(=O)COc2ccc(F)c3c2C(=O)C[C@@H]3C)n(-c2ccccc2)n1. The number of carbonyl (C=O) groups is 2. The number of anilines is 1. The lowest BCUT2D eigenvalue weighted by Gasteiger charge is -2.12. The monoisotopic (exact) mass is 393 g/mol. The fourth-order valence-electron chi connectivity index (χ4n) is 3.62. The second-order valence-corrected chi connectivity index (χ2v) is 7.12. The van der Waals surface area contributed by atoms with E-state index in [2.05, 4.69) is 10.4 Å². The van der Waals surface area contributed by atoms with Gasteiger partial charge < -0.3 is 10.1 Å². The molecule has 29 heavy (non-hydrogen) atoms. The molecule has 0 aliphatic heterocycles. The lowest BCUT2D eigenvalue weighted by atomic mass is 10.0. The van der Waals surface area contributed by atoms with Crippen LogP contribution in [0.3, 0.4) is 0 Å². The highest BCUT2D eigenvalue weighted by molar-refractivity contribution is 6.04. The number of benzene rings is 2. The summed E-state index contributed by atoms with van der Waals surface area (Å²) in [4.78, 5) is 24.7. The topological polar surface area (TPSA) is 73.2 Å². The van der Waals surface area contributed by atoms with Crippen LogP contribution in [0.1, 0.15) is 40.9 Å². The van der Waals surface area contributed by atoms with Crippen LogP contribution in [0.4, 0.5) is 10.2 Å². The van der Waals surface area contributed by atoms with Gasteiger partial charge >= 0.3 is 0 Å². The Bertz CT molecular complexity index is 1090. The largest absolute Gasteiger partial charge is 0.483 e. The number of amides is 1. The number of hydrogen-bond donors (Lipinski definition) is 1. The van der Waals surface area contributed by atoms with E-state index < -0.39 is 11.7 Å². The number of nitrogens with one attached hydrogen (secondary N) is 1. The van der Waals surface area contributed by atoms with Crippen molar-refractivity contribution in [2.24, 2.45) is 0 Å². The molecule has 0 saturated heterocycles. The standard InChI is InChI=1S/C22H20FN3O3/c1-13-10-17(27)22-18(9-8-16(23)21(13)22)29-12-20(28)24-19-11-14(2)25-26(19)15-6-4-3-5-7-15/h3-9,11,13H,10,12H2,1-2H3,(H,24,28)/t13-/m0/s1. The smallest absolute Gasteiger partial charge is 0.263 e. The van der Waals surface area contributed by atoms with E-state index in [4.69, 9.17) is 4.74 Å². The quantitative estimate of drug-likeness (QED) is 0.710. The molecule has 4 rings (SSSR count). The molecule has 148 valence electrons. The maximum absolute atomic E-state index is 14.1. The molecule has 3 aromatic rings. The summed E-state index contributed by atoms with van der Waals surface area (Å²) in [6.45, 7) is 3.33. The Hall–Kier alpha value is -3.48. The first-order valence-corrected chi connectivity index (χ1v) is 9.34. The van der Waals surface area contributed by atoms with Gasteiger partial charge in [-0.3, -0.25) is 9.59 Å². The Balaban J connectivity index is 1.50. The van der Waals surface area contributed by atoms with E-state index in [-0.39, 0.29) is 36.0 Å². The van der Waals surface area contributed by atoms with Crippen LogP contribution in [-0.4, -0.2) is 28.1 Å². The predicted molar refractivity (Wildman–Crippen MR) is 106 cm³/mol. The molecule has 1 amide bonds. The number of hydrogen-bond acceptors (Lipinski definition) is 4. The number of halogens is 1. The normalized spacial score (nSPS) is 15.3. The van der Waals surface area contributed by atoms with Crippen LogP contribution in [-0.2, 0) is 4.79 Å². The number of Topliss-reactive ketones (excluding diaryl/α,β-unsaturated/α-hetero) is 1. The zero-order chi connectivity index (χ0) is 20.5. The number of rotatable bonds is 5. The fourth-order valence-corrected chi connectivity index (χ4v) is 3.62. The highest BCUT2D eigenvalue weighted by atomic mass is 19.1. The number of ether oxygens (including phenoxy) is 1. The summed E-state index contributed by atoms with van der Waals surface area (Å²) in [5, 5.41) is 7.18. The third-order valence-electron chi connectivity index (χ3n) is 4.88. The molecule has 1 aromatic heterocycles. The average Bonchev–Trinajstić information content (AvgIpc) is 3.21. The Morgan fingerprint density at radius 1 is 1.28 bits per heavy atom. The van der Waals surface area contributed by atoms with Crippen molar-refractivity contribution in [1.82, 2.24) is 9.78 Å². The maximum atomic E-state index is 14.1. The maximum Gasteiger partial charge on any atom is 0.263 e. The van der Waals surface area contributed by atoms with Crippen molar-refractivity contribution >= 4 is 17.5 Å². The highest BCUT2D eigenvalue weighted by Crippen LogP contribution is 2.39. The number of carbonyl (C=O) groups excluding carboxylic acids is 2. The molecule has 6 nitrogen and oxygen atoms in total. The van der Waals surface area contributed by atoms with Crippen LogP contribution < -0.4 is 10.1 Å². The molecular weight excluding hydrogens is 373 g/mol. The van der Waals surface area contributed by atoms with Crippen LogP contribution >= 0.6 is 0 Å². The summed E-state index contributed by atoms with van der Waals surface area (Å²) in [6.07, 6.45) is 0.244. The van der Waals surface area contributed by atoms with Crippen molar-refractivity contribution in [3.05, 3.63) is 71.2 Å². The minimum atomic E-state index is -0.419. The van der Waals surface area contributed by atoms with Crippen LogP contribution in [0.15, 0.2) is 48.5 Å². The summed E-state index contributed by atoms with van der Waals surface area (Å²) < 4.78 is 21.3. The second kappa shape index (κ2) is 7.50. The molecule has 1 atom stereocenters.